The molecule has 4 aromatic rings. The van der Waals surface area contributed by atoms with Crippen LogP contribution in [0.5, 0.6) is 0 Å². The van der Waals surface area contributed by atoms with E-state index in [2.05, 4.69) is 10.1 Å². The molecule has 0 spiro atoms. The van der Waals surface area contributed by atoms with Gasteiger partial charge in [-0.2, -0.15) is 4.98 Å². The minimum absolute atomic E-state index is 0.206. The van der Waals surface area contributed by atoms with Crippen LogP contribution in [0, 0.1) is 27.7 Å². The fraction of sp³-hybridized carbons (Fsp3) is 0.217. The standard InChI is InChI=1S/C23H22N2O4S/c1-14-6-5-7-18(10-14)22-24-23(29-25-22)20-9-8-19(28-20)13-30(26,27)21-12-16(3)15(2)11-17(21)4/h5-12H,13H2,1-4H3. The van der Waals surface area contributed by atoms with Crippen LogP contribution in [-0.4, -0.2) is 18.6 Å². The fourth-order valence-corrected chi connectivity index (χ4v) is 4.92. The van der Waals surface area contributed by atoms with Crippen molar-refractivity contribution in [2.24, 2.45) is 0 Å². The molecule has 6 nitrogen and oxygen atoms in total. The summed E-state index contributed by atoms with van der Waals surface area (Å²) in [6.07, 6.45) is 0. The topological polar surface area (TPSA) is 86.2 Å². The fourth-order valence-electron chi connectivity index (χ4n) is 3.33. The zero-order valence-electron chi connectivity index (χ0n) is 17.3. The van der Waals surface area contributed by atoms with Crippen molar-refractivity contribution in [1.29, 1.82) is 0 Å². The Kier molecular flexibility index (Phi) is 5.07. The molecule has 2 aromatic heterocycles. The lowest BCUT2D eigenvalue weighted by Crippen LogP contribution is -2.07. The number of aryl methyl sites for hydroxylation is 4. The summed E-state index contributed by atoms with van der Waals surface area (Å²) >= 11 is 0. The molecule has 30 heavy (non-hydrogen) atoms. The summed E-state index contributed by atoms with van der Waals surface area (Å²) in [6.45, 7) is 7.66. The molecule has 0 atom stereocenters. The van der Waals surface area contributed by atoms with Gasteiger partial charge in [-0.15, -0.1) is 0 Å². The number of rotatable bonds is 5. The molecule has 0 radical (unpaired) electrons. The van der Waals surface area contributed by atoms with Crippen molar-refractivity contribution in [1.82, 2.24) is 10.1 Å². The maximum atomic E-state index is 12.9. The largest absolute Gasteiger partial charge is 0.455 e. The van der Waals surface area contributed by atoms with Gasteiger partial charge in [-0.3, -0.25) is 0 Å². The lowest BCUT2D eigenvalue weighted by Gasteiger charge is -2.10. The molecule has 7 heteroatoms. The molecular weight excluding hydrogens is 400 g/mol. The first-order chi connectivity index (χ1) is 14.2. The molecule has 0 saturated carbocycles. The van der Waals surface area contributed by atoms with Crippen LogP contribution in [0.1, 0.15) is 28.0 Å². The van der Waals surface area contributed by atoms with E-state index in [-0.39, 0.29) is 11.6 Å². The maximum Gasteiger partial charge on any atom is 0.293 e. The predicted molar refractivity (Wildman–Crippen MR) is 114 cm³/mol. The number of aromatic nitrogens is 2. The predicted octanol–water partition coefficient (Wildman–Crippen LogP) is 5.20. The Balaban J connectivity index is 1.59. The van der Waals surface area contributed by atoms with Crippen LogP contribution in [-0.2, 0) is 15.6 Å². The van der Waals surface area contributed by atoms with Crippen molar-refractivity contribution in [2.45, 2.75) is 38.3 Å². The van der Waals surface area contributed by atoms with Gasteiger partial charge in [0, 0.05) is 5.56 Å². The lowest BCUT2D eigenvalue weighted by atomic mass is 10.1. The van der Waals surface area contributed by atoms with Crippen LogP contribution in [0.15, 0.2) is 62.4 Å². The normalized spacial score (nSPS) is 11.7. The van der Waals surface area contributed by atoms with Crippen LogP contribution in [0.4, 0.5) is 0 Å². The molecule has 0 aliphatic rings. The monoisotopic (exact) mass is 422 g/mol. The molecular formula is C23H22N2O4S. The highest BCUT2D eigenvalue weighted by Crippen LogP contribution is 2.28. The highest BCUT2D eigenvalue weighted by atomic mass is 32.2. The first-order valence-electron chi connectivity index (χ1n) is 9.53. The first kappa shape index (κ1) is 20.1. The molecule has 0 amide bonds. The van der Waals surface area contributed by atoms with Crippen LogP contribution >= 0.6 is 0 Å². The third-order valence-corrected chi connectivity index (χ3v) is 6.81. The van der Waals surface area contributed by atoms with Gasteiger partial charge in [0.25, 0.3) is 5.89 Å². The highest BCUT2D eigenvalue weighted by Gasteiger charge is 2.22. The quantitative estimate of drug-likeness (QED) is 0.439. The molecule has 0 bridgehead atoms. The summed E-state index contributed by atoms with van der Waals surface area (Å²) in [5, 5.41) is 4.00. The van der Waals surface area contributed by atoms with Crippen LogP contribution < -0.4 is 0 Å². The van der Waals surface area contributed by atoms with E-state index in [9.17, 15) is 8.42 Å². The van der Waals surface area contributed by atoms with Crippen molar-refractivity contribution in [2.75, 3.05) is 0 Å². The summed E-state index contributed by atoms with van der Waals surface area (Å²) in [5.41, 5.74) is 4.65. The third-order valence-electron chi connectivity index (χ3n) is 5.03. The molecule has 0 aliphatic carbocycles. The Morgan fingerprint density at radius 1 is 0.900 bits per heavy atom. The Bertz CT molecular complexity index is 1330. The molecule has 2 aromatic carbocycles. The van der Waals surface area contributed by atoms with Gasteiger partial charge in [-0.1, -0.05) is 35.0 Å². The third kappa shape index (κ3) is 3.93. The number of furan rings is 1. The van der Waals surface area contributed by atoms with Gasteiger partial charge in [-0.05, 0) is 68.7 Å². The van der Waals surface area contributed by atoms with Crippen molar-refractivity contribution in [3.05, 3.63) is 76.5 Å². The average molecular weight is 423 g/mol. The number of nitrogens with zero attached hydrogens (tertiary/aromatic N) is 2. The lowest BCUT2D eigenvalue weighted by molar-refractivity contribution is 0.413. The molecule has 0 saturated heterocycles. The van der Waals surface area contributed by atoms with E-state index in [1.807, 2.05) is 51.1 Å². The highest BCUT2D eigenvalue weighted by molar-refractivity contribution is 7.90. The molecule has 0 fully saturated rings. The minimum Gasteiger partial charge on any atom is -0.455 e. The number of hydrogen-bond donors (Lipinski definition) is 0. The second kappa shape index (κ2) is 7.57. The summed E-state index contributed by atoms with van der Waals surface area (Å²) in [6, 6.07) is 14.6. The van der Waals surface area contributed by atoms with Gasteiger partial charge in [0.2, 0.25) is 5.82 Å². The van der Waals surface area contributed by atoms with E-state index in [0.29, 0.717) is 22.2 Å². The second-order valence-electron chi connectivity index (χ2n) is 7.52. The molecule has 4 rings (SSSR count). The Morgan fingerprint density at radius 3 is 2.43 bits per heavy atom. The van der Waals surface area contributed by atoms with E-state index in [1.165, 1.54) is 0 Å². The summed E-state index contributed by atoms with van der Waals surface area (Å²) in [5.74, 6) is 1.07. The molecule has 154 valence electrons. The van der Waals surface area contributed by atoms with E-state index in [4.69, 9.17) is 8.94 Å². The Labute approximate surface area is 175 Å². The van der Waals surface area contributed by atoms with E-state index in [1.54, 1.807) is 25.1 Å². The summed E-state index contributed by atoms with van der Waals surface area (Å²) in [4.78, 5) is 4.70. The van der Waals surface area contributed by atoms with Crippen LogP contribution in [0.25, 0.3) is 23.0 Å². The van der Waals surface area contributed by atoms with Crippen molar-refractivity contribution >= 4 is 9.84 Å². The maximum absolute atomic E-state index is 12.9. The van der Waals surface area contributed by atoms with E-state index < -0.39 is 9.84 Å². The first-order valence-corrected chi connectivity index (χ1v) is 11.2. The summed E-state index contributed by atoms with van der Waals surface area (Å²) < 4.78 is 36.9. The Hall–Kier alpha value is -3.19. The van der Waals surface area contributed by atoms with Gasteiger partial charge in [0.15, 0.2) is 15.6 Å². The zero-order chi connectivity index (χ0) is 21.5. The minimum atomic E-state index is -3.56. The smallest absolute Gasteiger partial charge is 0.293 e. The molecule has 0 unspecified atom stereocenters. The van der Waals surface area contributed by atoms with Crippen LogP contribution in [0.2, 0.25) is 0 Å². The SMILES string of the molecule is Cc1cccc(-c2noc(-c3ccc(CS(=O)(=O)c4cc(C)c(C)cc4C)o3)n2)c1. The summed E-state index contributed by atoms with van der Waals surface area (Å²) in [7, 11) is -3.56. The van der Waals surface area contributed by atoms with Gasteiger partial charge >= 0.3 is 0 Å². The Morgan fingerprint density at radius 2 is 1.67 bits per heavy atom. The zero-order valence-corrected chi connectivity index (χ0v) is 18.1. The van der Waals surface area contributed by atoms with Gasteiger partial charge in [0.05, 0.1) is 4.90 Å². The van der Waals surface area contributed by atoms with E-state index in [0.717, 1.165) is 27.8 Å². The van der Waals surface area contributed by atoms with Crippen LogP contribution in [0.3, 0.4) is 0 Å². The number of sulfone groups is 1. The second-order valence-corrected chi connectivity index (χ2v) is 9.48. The molecule has 2 heterocycles. The average Bonchev–Trinajstić information content (AvgIpc) is 3.33. The van der Waals surface area contributed by atoms with E-state index >= 15 is 0 Å². The van der Waals surface area contributed by atoms with Crippen molar-refractivity contribution < 1.29 is 17.4 Å². The molecule has 0 N–H and O–H groups in total. The van der Waals surface area contributed by atoms with Gasteiger partial charge in [0.1, 0.15) is 11.5 Å². The molecule has 0 aliphatic heterocycles. The number of hydrogen-bond acceptors (Lipinski definition) is 6. The number of benzene rings is 2. The van der Waals surface area contributed by atoms with Gasteiger partial charge in [-0.25, -0.2) is 8.42 Å². The van der Waals surface area contributed by atoms with Gasteiger partial charge < -0.3 is 8.94 Å². The van der Waals surface area contributed by atoms with Crippen molar-refractivity contribution in [3.8, 4) is 23.0 Å². The van der Waals surface area contributed by atoms with Crippen molar-refractivity contribution in [3.63, 3.8) is 0 Å².